The van der Waals surface area contributed by atoms with Gasteiger partial charge in [-0.1, -0.05) is 43.2 Å². The first-order valence-corrected chi connectivity index (χ1v) is 7.21. The summed E-state index contributed by atoms with van der Waals surface area (Å²) in [6.07, 6.45) is 4.89. The van der Waals surface area contributed by atoms with Gasteiger partial charge in [0.2, 0.25) is 0 Å². The van der Waals surface area contributed by atoms with Gasteiger partial charge in [-0.3, -0.25) is 0 Å². The normalized spacial score (nSPS) is 19.0. The highest BCUT2D eigenvalue weighted by molar-refractivity contribution is 5.82. The van der Waals surface area contributed by atoms with Gasteiger partial charge < -0.3 is 15.4 Å². The Kier molecular flexibility index (Phi) is 4.78. The molecule has 0 aromatic heterocycles. The Hall–Kier alpha value is -1.39. The molecule has 0 radical (unpaired) electrons. The highest BCUT2D eigenvalue weighted by Crippen LogP contribution is 2.27. The van der Waals surface area contributed by atoms with Crippen LogP contribution in [-0.4, -0.2) is 37.6 Å². The minimum absolute atomic E-state index is 0.381. The number of hydrogen-bond acceptors (Lipinski definition) is 4. The summed E-state index contributed by atoms with van der Waals surface area (Å²) < 4.78 is 4.94. The van der Waals surface area contributed by atoms with E-state index in [1.165, 1.54) is 32.8 Å². The number of benzene rings is 1. The summed E-state index contributed by atoms with van der Waals surface area (Å²) >= 11 is 0. The predicted octanol–water partition coefficient (Wildman–Crippen LogP) is 1.89. The third-order valence-corrected chi connectivity index (χ3v) is 4.29. The van der Waals surface area contributed by atoms with Gasteiger partial charge >= 0.3 is 5.97 Å². The molecule has 1 aliphatic rings. The fraction of sp³-hybridized carbons (Fsp3) is 0.562. The molecule has 0 bridgehead atoms. The summed E-state index contributed by atoms with van der Waals surface area (Å²) in [5, 5.41) is 0. The van der Waals surface area contributed by atoms with E-state index in [1.807, 2.05) is 37.4 Å². The van der Waals surface area contributed by atoms with Crippen LogP contribution in [0.1, 0.15) is 31.2 Å². The lowest BCUT2D eigenvalue weighted by atomic mass is 9.90. The van der Waals surface area contributed by atoms with Crippen LogP contribution >= 0.6 is 0 Å². The van der Waals surface area contributed by atoms with Crippen molar-refractivity contribution in [1.29, 1.82) is 0 Å². The molecule has 0 heterocycles. The molecule has 1 aliphatic carbocycles. The van der Waals surface area contributed by atoms with Crippen LogP contribution < -0.4 is 5.73 Å². The highest BCUT2D eigenvalue weighted by atomic mass is 16.5. The number of rotatable bonds is 5. The van der Waals surface area contributed by atoms with Gasteiger partial charge in [0.15, 0.2) is 5.54 Å². The van der Waals surface area contributed by atoms with Crippen molar-refractivity contribution in [2.45, 2.75) is 37.3 Å². The van der Waals surface area contributed by atoms with Gasteiger partial charge in [0.05, 0.1) is 7.11 Å². The van der Waals surface area contributed by atoms with E-state index in [2.05, 4.69) is 4.90 Å². The zero-order chi connectivity index (χ0) is 14.6. The maximum Gasteiger partial charge on any atom is 0.331 e. The second kappa shape index (κ2) is 6.37. The first-order valence-electron chi connectivity index (χ1n) is 7.21. The van der Waals surface area contributed by atoms with Gasteiger partial charge in [-0.25, -0.2) is 4.79 Å². The Labute approximate surface area is 120 Å². The lowest BCUT2D eigenvalue weighted by molar-refractivity contribution is -0.148. The summed E-state index contributed by atoms with van der Waals surface area (Å²) in [7, 11) is 3.44. The fourth-order valence-corrected chi connectivity index (χ4v) is 3.06. The number of esters is 1. The Morgan fingerprint density at radius 2 is 1.95 bits per heavy atom. The lowest BCUT2D eigenvalue weighted by Gasteiger charge is -2.34. The van der Waals surface area contributed by atoms with E-state index in [-0.39, 0.29) is 5.97 Å². The SMILES string of the molecule is COC(=O)C(N)(CN(C)C1CCCC1)c1ccccc1. The molecule has 1 saturated carbocycles. The van der Waals surface area contributed by atoms with Crippen LogP contribution in [0, 0.1) is 0 Å². The molecule has 4 heteroatoms. The molecule has 0 spiro atoms. The summed E-state index contributed by atoms with van der Waals surface area (Å²) in [6, 6.07) is 10.0. The summed E-state index contributed by atoms with van der Waals surface area (Å²) in [5.74, 6) is -0.381. The predicted molar refractivity (Wildman–Crippen MR) is 79.2 cm³/mol. The van der Waals surface area contributed by atoms with Crippen LogP contribution in [0.15, 0.2) is 30.3 Å². The molecule has 1 aromatic carbocycles. The van der Waals surface area contributed by atoms with Crippen LogP contribution in [0.5, 0.6) is 0 Å². The van der Waals surface area contributed by atoms with Gasteiger partial charge in [0, 0.05) is 12.6 Å². The van der Waals surface area contributed by atoms with Crippen molar-refractivity contribution < 1.29 is 9.53 Å². The molecular formula is C16H24N2O2. The van der Waals surface area contributed by atoms with Crippen LogP contribution in [-0.2, 0) is 15.1 Å². The van der Waals surface area contributed by atoms with Gasteiger partial charge in [-0.2, -0.15) is 0 Å². The van der Waals surface area contributed by atoms with E-state index in [9.17, 15) is 4.79 Å². The van der Waals surface area contributed by atoms with Gasteiger partial charge in [-0.15, -0.1) is 0 Å². The van der Waals surface area contributed by atoms with Crippen LogP contribution in [0.4, 0.5) is 0 Å². The molecule has 0 amide bonds. The average Bonchev–Trinajstić information content (AvgIpc) is 3.01. The topological polar surface area (TPSA) is 55.6 Å². The third-order valence-electron chi connectivity index (χ3n) is 4.29. The second-order valence-electron chi connectivity index (χ2n) is 5.68. The third kappa shape index (κ3) is 3.02. The Morgan fingerprint density at radius 3 is 2.50 bits per heavy atom. The molecule has 1 aromatic rings. The van der Waals surface area contributed by atoms with Gasteiger partial charge in [0.25, 0.3) is 0 Å². The number of hydrogen-bond donors (Lipinski definition) is 1. The van der Waals surface area contributed by atoms with E-state index in [4.69, 9.17) is 10.5 Å². The minimum atomic E-state index is -1.10. The van der Waals surface area contributed by atoms with Crippen LogP contribution in [0.3, 0.4) is 0 Å². The van der Waals surface area contributed by atoms with Gasteiger partial charge in [-0.05, 0) is 25.5 Å². The number of nitrogens with two attached hydrogens (primary N) is 1. The molecular weight excluding hydrogens is 252 g/mol. The van der Waals surface area contributed by atoms with E-state index in [0.29, 0.717) is 12.6 Å². The number of methoxy groups -OCH3 is 1. The Bertz CT molecular complexity index is 443. The van der Waals surface area contributed by atoms with Crippen molar-refractivity contribution in [2.75, 3.05) is 20.7 Å². The standard InChI is InChI=1S/C16H24N2O2/c1-18(14-10-6-7-11-14)12-16(17,15(19)20-2)13-8-4-3-5-9-13/h3-5,8-9,14H,6-7,10-12,17H2,1-2H3. The molecule has 1 atom stereocenters. The molecule has 110 valence electrons. The lowest BCUT2D eigenvalue weighted by Crippen LogP contribution is -2.54. The molecule has 2 N–H and O–H groups in total. The number of nitrogens with zero attached hydrogens (tertiary/aromatic N) is 1. The monoisotopic (exact) mass is 276 g/mol. The molecule has 4 nitrogen and oxygen atoms in total. The zero-order valence-corrected chi connectivity index (χ0v) is 12.3. The van der Waals surface area contributed by atoms with Crippen molar-refractivity contribution >= 4 is 5.97 Å². The first-order chi connectivity index (χ1) is 9.58. The minimum Gasteiger partial charge on any atom is -0.467 e. The van der Waals surface area contributed by atoms with Gasteiger partial charge in [0.1, 0.15) is 0 Å². The number of likely N-dealkylation sites (N-methyl/N-ethyl adjacent to an activating group) is 1. The maximum atomic E-state index is 12.2. The summed E-state index contributed by atoms with van der Waals surface area (Å²) in [5.41, 5.74) is 6.12. The number of carbonyl (C=O) groups excluding carboxylic acids is 1. The van der Waals surface area contributed by atoms with Crippen molar-refractivity contribution in [2.24, 2.45) is 5.73 Å². The largest absolute Gasteiger partial charge is 0.467 e. The summed E-state index contributed by atoms with van der Waals surface area (Å²) in [6.45, 7) is 0.481. The molecule has 20 heavy (non-hydrogen) atoms. The molecule has 0 saturated heterocycles. The van der Waals surface area contributed by atoms with Crippen LogP contribution in [0.2, 0.25) is 0 Å². The Morgan fingerprint density at radius 1 is 1.35 bits per heavy atom. The molecule has 0 aliphatic heterocycles. The van der Waals surface area contributed by atoms with Crippen molar-refractivity contribution in [3.05, 3.63) is 35.9 Å². The summed E-state index contributed by atoms with van der Waals surface area (Å²) in [4.78, 5) is 14.4. The van der Waals surface area contributed by atoms with E-state index in [1.54, 1.807) is 0 Å². The van der Waals surface area contributed by atoms with Crippen molar-refractivity contribution in [3.63, 3.8) is 0 Å². The highest BCUT2D eigenvalue weighted by Gasteiger charge is 2.39. The Balaban J connectivity index is 2.21. The number of ether oxygens (including phenoxy) is 1. The fourth-order valence-electron chi connectivity index (χ4n) is 3.06. The van der Waals surface area contributed by atoms with Crippen molar-refractivity contribution in [3.8, 4) is 0 Å². The zero-order valence-electron chi connectivity index (χ0n) is 12.3. The van der Waals surface area contributed by atoms with E-state index >= 15 is 0 Å². The first kappa shape index (κ1) is 15.0. The molecule has 2 rings (SSSR count). The van der Waals surface area contributed by atoms with Crippen molar-refractivity contribution in [1.82, 2.24) is 4.90 Å². The smallest absolute Gasteiger partial charge is 0.331 e. The second-order valence-corrected chi connectivity index (χ2v) is 5.68. The quantitative estimate of drug-likeness (QED) is 0.834. The van der Waals surface area contributed by atoms with E-state index in [0.717, 1.165) is 5.56 Å². The molecule has 1 fully saturated rings. The average molecular weight is 276 g/mol. The maximum absolute atomic E-state index is 12.2. The van der Waals surface area contributed by atoms with Crippen LogP contribution in [0.25, 0.3) is 0 Å². The van der Waals surface area contributed by atoms with E-state index < -0.39 is 5.54 Å². The number of carbonyl (C=O) groups is 1. The molecule has 1 unspecified atom stereocenters.